The molecule has 2 aromatic carbocycles. The topological polar surface area (TPSA) is 128 Å². The molecule has 3 aromatic rings. The van der Waals surface area contributed by atoms with Crippen LogP contribution in [0, 0.1) is 11.8 Å². The quantitative estimate of drug-likeness (QED) is 0.243. The molecule has 0 spiro atoms. The summed E-state index contributed by atoms with van der Waals surface area (Å²) in [5.74, 6) is -0.0709. The lowest BCUT2D eigenvalue weighted by Crippen LogP contribution is -2.53. The summed E-state index contributed by atoms with van der Waals surface area (Å²) < 4.78 is 53.0. The lowest BCUT2D eigenvalue weighted by atomic mass is 10.0. The van der Waals surface area contributed by atoms with Gasteiger partial charge in [0.15, 0.2) is 11.0 Å². The number of hydrogen-bond donors (Lipinski definition) is 2. The van der Waals surface area contributed by atoms with Crippen molar-refractivity contribution in [3.8, 4) is 0 Å². The number of fused-ring (bicyclic) bond motifs is 2. The van der Waals surface area contributed by atoms with Gasteiger partial charge >= 0.3 is 6.09 Å². The molecule has 3 heterocycles. The van der Waals surface area contributed by atoms with Crippen LogP contribution in [-0.2, 0) is 36.0 Å². The van der Waals surface area contributed by atoms with E-state index in [-0.39, 0.29) is 49.1 Å². The van der Waals surface area contributed by atoms with Crippen LogP contribution in [0.4, 0.5) is 4.79 Å². The Balaban J connectivity index is 1.41. The Labute approximate surface area is 268 Å². The molecule has 2 N–H and O–H groups in total. The number of ether oxygens (including phenoxy) is 3. The van der Waals surface area contributed by atoms with E-state index in [2.05, 4.69) is 37.2 Å². The van der Waals surface area contributed by atoms with Gasteiger partial charge in [0, 0.05) is 29.4 Å². The molecule has 2 aliphatic heterocycles. The number of sulfonamides is 1. The zero-order valence-electron chi connectivity index (χ0n) is 23.9. The summed E-state index contributed by atoms with van der Waals surface area (Å²) in [5.41, 5.74) is 2.21. The lowest BCUT2D eigenvalue weighted by Gasteiger charge is -2.35. The van der Waals surface area contributed by atoms with Crippen molar-refractivity contribution in [2.75, 3.05) is 26.3 Å². The molecule has 13 heteroatoms. The molecule has 2 aliphatic rings. The average molecular weight is 744 g/mol. The van der Waals surface area contributed by atoms with Crippen LogP contribution in [0.3, 0.4) is 0 Å². The highest BCUT2D eigenvalue weighted by atomic mass is 79.9. The fourth-order valence-electron chi connectivity index (χ4n) is 5.63. The highest BCUT2D eigenvalue weighted by molar-refractivity contribution is 9.10. The summed E-state index contributed by atoms with van der Waals surface area (Å²) in [6.45, 7) is 4.60. The lowest BCUT2D eigenvalue weighted by molar-refractivity contribution is -0.0907. The van der Waals surface area contributed by atoms with E-state index in [4.69, 9.17) is 18.6 Å². The van der Waals surface area contributed by atoms with Crippen molar-refractivity contribution in [2.45, 2.75) is 61.5 Å². The van der Waals surface area contributed by atoms with E-state index in [1.165, 1.54) is 10.4 Å². The predicted molar refractivity (Wildman–Crippen MR) is 167 cm³/mol. The van der Waals surface area contributed by atoms with Gasteiger partial charge in [-0.05, 0) is 58.5 Å². The summed E-state index contributed by atoms with van der Waals surface area (Å²) in [4.78, 5) is 12.8. The SMILES string of the molecule is CC(C)CN(C(Cc1ccccc1)C(O)CNC(=O)OC1COC2OCCC12)S(=O)(=O)c1ccc2oc(Br)c(CBr)c2c1. The summed E-state index contributed by atoms with van der Waals surface area (Å²) in [7, 11) is -4.11. The number of aliphatic hydroxyl groups is 1. The normalized spacial score (nSPS) is 21.8. The van der Waals surface area contributed by atoms with Crippen LogP contribution in [0.2, 0.25) is 0 Å². The molecule has 0 saturated carbocycles. The summed E-state index contributed by atoms with van der Waals surface area (Å²) >= 11 is 6.86. The van der Waals surface area contributed by atoms with E-state index in [0.717, 1.165) is 17.5 Å². The molecular weight excluding hydrogens is 708 g/mol. The van der Waals surface area contributed by atoms with Crippen LogP contribution in [0.15, 0.2) is 62.5 Å². The van der Waals surface area contributed by atoms with Crippen LogP contribution in [0.1, 0.15) is 31.4 Å². The third kappa shape index (κ3) is 7.29. The smallest absolute Gasteiger partial charge is 0.407 e. The predicted octanol–water partition coefficient (Wildman–Crippen LogP) is 5.20. The van der Waals surface area contributed by atoms with Crippen molar-refractivity contribution in [1.82, 2.24) is 9.62 Å². The van der Waals surface area contributed by atoms with Crippen molar-refractivity contribution >= 4 is 58.9 Å². The Hall–Kier alpha value is -2.00. The maximum Gasteiger partial charge on any atom is 0.407 e. The van der Waals surface area contributed by atoms with E-state index in [1.54, 1.807) is 12.1 Å². The van der Waals surface area contributed by atoms with Crippen LogP contribution in [-0.4, -0.2) is 74.8 Å². The minimum atomic E-state index is -4.11. The van der Waals surface area contributed by atoms with Crippen molar-refractivity contribution in [2.24, 2.45) is 11.8 Å². The number of nitrogens with one attached hydrogen (secondary N) is 1. The second-order valence-corrected chi connectivity index (χ2v) is 14.5. The highest BCUT2D eigenvalue weighted by Crippen LogP contribution is 2.35. The standard InChI is InChI=1S/C30H36Br2N2O8S/c1-18(2)16-34(43(37,38)20-8-9-26-22(13-20)23(14-31)28(32)41-26)24(12-19-6-4-3-5-7-19)25(35)15-33-30(36)42-27-17-40-29-21(27)10-11-39-29/h3-9,13,18,21,24-25,27,29,35H,10-12,14-17H2,1-2H3,(H,33,36). The summed E-state index contributed by atoms with van der Waals surface area (Å²) in [5, 5.41) is 15.3. The molecule has 5 unspecified atom stereocenters. The molecule has 43 heavy (non-hydrogen) atoms. The van der Waals surface area contributed by atoms with Gasteiger partial charge < -0.3 is 29.1 Å². The number of alkyl halides is 1. The average Bonchev–Trinajstić information content (AvgIpc) is 3.68. The van der Waals surface area contributed by atoms with Gasteiger partial charge in [0.05, 0.1) is 36.2 Å². The zero-order valence-corrected chi connectivity index (χ0v) is 27.9. The third-order valence-corrected chi connectivity index (χ3v) is 10.9. The Bertz CT molecular complexity index is 1520. The first kappa shape index (κ1) is 32.4. The van der Waals surface area contributed by atoms with Crippen LogP contribution in [0.5, 0.6) is 0 Å². The van der Waals surface area contributed by atoms with Crippen molar-refractivity contribution in [1.29, 1.82) is 0 Å². The second-order valence-electron chi connectivity index (χ2n) is 11.3. The first-order valence-electron chi connectivity index (χ1n) is 14.3. The summed E-state index contributed by atoms with van der Waals surface area (Å²) in [6.07, 6.45) is -1.77. The first-order chi connectivity index (χ1) is 20.6. The highest BCUT2D eigenvalue weighted by Gasteiger charge is 2.44. The van der Waals surface area contributed by atoms with Gasteiger partial charge in [0.1, 0.15) is 11.7 Å². The van der Waals surface area contributed by atoms with E-state index < -0.39 is 34.4 Å². The Kier molecular flexibility index (Phi) is 10.5. The van der Waals surface area contributed by atoms with Crippen molar-refractivity contribution in [3.63, 3.8) is 0 Å². The van der Waals surface area contributed by atoms with Crippen molar-refractivity contribution < 1.29 is 36.9 Å². The fraction of sp³-hybridized carbons (Fsp3) is 0.500. The molecule has 5 atom stereocenters. The third-order valence-electron chi connectivity index (χ3n) is 7.80. The van der Waals surface area contributed by atoms with Crippen LogP contribution in [0.25, 0.3) is 11.0 Å². The second kappa shape index (κ2) is 14.0. The molecule has 0 bridgehead atoms. The van der Waals surface area contributed by atoms with E-state index in [9.17, 15) is 18.3 Å². The van der Waals surface area contributed by atoms with E-state index in [1.807, 2.05) is 44.2 Å². The number of carbonyl (C=O) groups is 1. The summed E-state index contributed by atoms with van der Waals surface area (Å²) in [6, 6.07) is 13.3. The minimum Gasteiger partial charge on any atom is -0.449 e. The number of benzene rings is 2. The molecule has 2 fully saturated rings. The van der Waals surface area contributed by atoms with Gasteiger partial charge in [-0.2, -0.15) is 4.31 Å². The fourth-order valence-corrected chi connectivity index (χ4v) is 8.93. The maximum atomic E-state index is 14.4. The number of halogens is 2. The van der Waals surface area contributed by atoms with Gasteiger partial charge in [-0.3, -0.25) is 0 Å². The molecule has 5 rings (SSSR count). The minimum absolute atomic E-state index is 0.0218. The van der Waals surface area contributed by atoms with Gasteiger partial charge in [-0.15, -0.1) is 0 Å². The molecule has 0 radical (unpaired) electrons. The Morgan fingerprint density at radius 1 is 1.19 bits per heavy atom. The number of rotatable bonds is 12. The molecule has 10 nitrogen and oxygen atoms in total. The number of amides is 1. The number of furan rings is 1. The van der Waals surface area contributed by atoms with E-state index >= 15 is 0 Å². The molecule has 2 saturated heterocycles. The number of nitrogens with zero attached hydrogens (tertiary/aromatic N) is 1. The van der Waals surface area contributed by atoms with Gasteiger partial charge in [0.25, 0.3) is 0 Å². The maximum absolute atomic E-state index is 14.4. The van der Waals surface area contributed by atoms with Crippen molar-refractivity contribution in [3.05, 3.63) is 64.3 Å². The Morgan fingerprint density at radius 3 is 2.67 bits per heavy atom. The molecular formula is C30H36Br2N2O8S. The van der Waals surface area contributed by atoms with Gasteiger partial charge in [0.2, 0.25) is 10.0 Å². The number of alkyl carbamates (subject to hydrolysis) is 1. The molecule has 234 valence electrons. The number of aliphatic hydroxyl groups excluding tert-OH is 1. The van der Waals surface area contributed by atoms with Crippen LogP contribution < -0.4 is 5.32 Å². The number of hydrogen-bond acceptors (Lipinski definition) is 8. The number of carbonyl (C=O) groups excluding carboxylic acids is 1. The molecule has 1 amide bonds. The first-order valence-corrected chi connectivity index (χ1v) is 17.6. The molecule has 1 aromatic heterocycles. The van der Waals surface area contributed by atoms with Gasteiger partial charge in [-0.1, -0.05) is 60.1 Å². The largest absolute Gasteiger partial charge is 0.449 e. The Morgan fingerprint density at radius 2 is 1.95 bits per heavy atom. The molecule has 0 aliphatic carbocycles. The van der Waals surface area contributed by atoms with Crippen LogP contribution >= 0.6 is 31.9 Å². The monoisotopic (exact) mass is 742 g/mol. The zero-order chi connectivity index (χ0) is 30.7. The van der Waals surface area contributed by atoms with E-state index in [0.29, 0.717) is 27.6 Å². The van der Waals surface area contributed by atoms with Gasteiger partial charge in [-0.25, -0.2) is 13.2 Å².